The first-order chi connectivity index (χ1) is 16.7. The van der Waals surface area contributed by atoms with Gasteiger partial charge in [0.1, 0.15) is 12.6 Å². The summed E-state index contributed by atoms with van der Waals surface area (Å²) in [5.41, 5.74) is -0.840. The zero-order valence-electron chi connectivity index (χ0n) is 20.7. The number of rotatable bonds is 19. The molecule has 0 aliphatic heterocycles. The molecule has 2 N–H and O–H groups in total. The highest BCUT2D eigenvalue weighted by Crippen LogP contribution is 2.45. The van der Waals surface area contributed by atoms with Crippen molar-refractivity contribution in [2.45, 2.75) is 51.0 Å². The van der Waals surface area contributed by atoms with E-state index < -0.39 is 41.9 Å². The van der Waals surface area contributed by atoms with Crippen molar-refractivity contribution < 1.29 is 47.5 Å². The Kier molecular flexibility index (Phi) is 12.9. The molecule has 0 aliphatic carbocycles. The van der Waals surface area contributed by atoms with Crippen LogP contribution in [0, 0.1) is 20.2 Å². The van der Waals surface area contributed by atoms with E-state index in [0.29, 0.717) is 17.3 Å². The van der Waals surface area contributed by atoms with Gasteiger partial charge in [-0.05, 0) is 18.9 Å². The molecular weight excluding hydrogens is 501 g/mol. The molecular formula is C21H35N3O11P+. The lowest BCUT2D eigenvalue weighted by Crippen LogP contribution is -2.42. The number of hydrogen-bond acceptors (Lipinski definition) is 9. The van der Waals surface area contributed by atoms with E-state index >= 15 is 0 Å². The maximum atomic E-state index is 12.2. The fourth-order valence-electron chi connectivity index (χ4n) is 3.32. The molecule has 0 bridgehead atoms. The van der Waals surface area contributed by atoms with Gasteiger partial charge in [-0.25, -0.2) is 4.57 Å². The standard InChI is InChI=1S/C21H34N3O11P/c1-24(2,3)16-18(15-21(25)26)35-36(31,32)34-13-9-7-5-4-6-8-12-33-20-11-10-17(22(27)28)14-19(20)23(29)30/h10-11,14,18H,4-9,12-13,15-16H2,1-3H3,(H-,25,26,31,32)/p+1/t18-/m1/s1. The van der Waals surface area contributed by atoms with Crippen LogP contribution in [-0.2, 0) is 18.4 Å². The third kappa shape index (κ3) is 13.4. The van der Waals surface area contributed by atoms with E-state index in [0.717, 1.165) is 37.8 Å². The van der Waals surface area contributed by atoms with Gasteiger partial charge >= 0.3 is 19.5 Å². The van der Waals surface area contributed by atoms with Gasteiger partial charge in [0.15, 0.2) is 5.75 Å². The number of aliphatic carboxylic acids is 1. The molecule has 1 unspecified atom stereocenters. The van der Waals surface area contributed by atoms with Gasteiger partial charge in [0.2, 0.25) is 0 Å². The first-order valence-corrected chi connectivity index (χ1v) is 12.9. The number of carboxylic acids is 1. The second-order valence-corrected chi connectivity index (χ2v) is 10.6. The molecule has 0 aromatic heterocycles. The lowest BCUT2D eigenvalue weighted by Gasteiger charge is -2.29. The predicted molar refractivity (Wildman–Crippen MR) is 129 cm³/mol. The number of likely N-dealkylation sites (N-methyl/N-ethyl adjacent to an activating group) is 1. The molecule has 0 fully saturated rings. The number of nitrogens with zero attached hydrogens (tertiary/aromatic N) is 3. The number of phosphoric ester groups is 1. The quantitative estimate of drug-likeness (QED) is 0.0857. The Labute approximate surface area is 209 Å². The smallest absolute Gasteiger partial charge is 0.472 e. The number of ether oxygens (including phenoxy) is 1. The zero-order chi connectivity index (χ0) is 27.4. The molecule has 15 heteroatoms. The van der Waals surface area contributed by atoms with E-state index in [-0.39, 0.29) is 31.2 Å². The van der Waals surface area contributed by atoms with Crippen LogP contribution in [-0.4, -0.2) is 77.3 Å². The molecule has 0 aliphatic rings. The molecule has 0 radical (unpaired) electrons. The average Bonchev–Trinajstić information content (AvgIpc) is 2.72. The van der Waals surface area contributed by atoms with Crippen LogP contribution in [0.25, 0.3) is 0 Å². The van der Waals surface area contributed by atoms with E-state index in [4.69, 9.17) is 18.9 Å². The third-order valence-electron chi connectivity index (χ3n) is 4.84. The topological polar surface area (TPSA) is 189 Å². The molecule has 0 saturated heterocycles. The predicted octanol–water partition coefficient (Wildman–Crippen LogP) is 3.91. The Morgan fingerprint density at radius 1 is 1.03 bits per heavy atom. The summed E-state index contributed by atoms with van der Waals surface area (Å²) in [5, 5.41) is 30.9. The van der Waals surface area contributed by atoms with E-state index in [9.17, 15) is 34.5 Å². The lowest BCUT2D eigenvalue weighted by atomic mass is 10.1. The van der Waals surface area contributed by atoms with Crippen molar-refractivity contribution in [3.8, 4) is 5.75 Å². The lowest BCUT2D eigenvalue weighted by molar-refractivity contribution is -0.873. The number of nitro groups is 2. The third-order valence-corrected chi connectivity index (χ3v) is 5.91. The Morgan fingerprint density at radius 3 is 2.14 bits per heavy atom. The van der Waals surface area contributed by atoms with Crippen LogP contribution in [0.1, 0.15) is 44.9 Å². The van der Waals surface area contributed by atoms with Crippen LogP contribution in [0.2, 0.25) is 0 Å². The van der Waals surface area contributed by atoms with Crippen molar-refractivity contribution in [1.29, 1.82) is 0 Å². The molecule has 2 atom stereocenters. The number of benzene rings is 1. The maximum Gasteiger partial charge on any atom is 0.472 e. The van der Waals surface area contributed by atoms with E-state index in [1.54, 1.807) is 0 Å². The second kappa shape index (κ2) is 14.8. The molecule has 1 aromatic rings. The average molecular weight is 536 g/mol. The fourth-order valence-corrected chi connectivity index (χ4v) is 4.26. The highest BCUT2D eigenvalue weighted by Gasteiger charge is 2.31. The van der Waals surface area contributed by atoms with Crippen molar-refractivity contribution in [3.63, 3.8) is 0 Å². The zero-order valence-corrected chi connectivity index (χ0v) is 21.6. The fraction of sp³-hybridized carbons (Fsp3) is 0.667. The summed E-state index contributed by atoms with van der Waals surface area (Å²) in [6, 6.07) is 3.23. The summed E-state index contributed by atoms with van der Waals surface area (Å²) in [4.78, 5) is 41.3. The van der Waals surface area contributed by atoms with Gasteiger partial charge in [0.25, 0.3) is 5.69 Å². The Bertz CT molecular complexity index is 936. The largest absolute Gasteiger partial charge is 0.487 e. The normalized spacial score (nSPS) is 14.1. The highest BCUT2D eigenvalue weighted by atomic mass is 31.2. The first-order valence-electron chi connectivity index (χ1n) is 11.4. The Hall–Kier alpha value is -2.64. The molecule has 0 saturated carbocycles. The van der Waals surface area contributed by atoms with E-state index in [1.807, 2.05) is 21.1 Å². The molecule has 0 heterocycles. The van der Waals surface area contributed by atoms with Crippen LogP contribution in [0.4, 0.5) is 11.4 Å². The van der Waals surface area contributed by atoms with Gasteiger partial charge in [-0.15, -0.1) is 0 Å². The van der Waals surface area contributed by atoms with Crippen LogP contribution >= 0.6 is 7.82 Å². The minimum Gasteiger partial charge on any atom is -0.487 e. The number of nitro benzene ring substituents is 2. The van der Waals surface area contributed by atoms with Gasteiger partial charge in [0.05, 0.1) is 56.7 Å². The molecule has 1 rings (SSSR count). The van der Waals surface area contributed by atoms with Gasteiger partial charge < -0.3 is 19.2 Å². The summed E-state index contributed by atoms with van der Waals surface area (Å²) in [7, 11) is 1.05. The monoisotopic (exact) mass is 536 g/mol. The maximum absolute atomic E-state index is 12.2. The van der Waals surface area contributed by atoms with E-state index in [2.05, 4.69) is 0 Å². The Balaban J connectivity index is 2.26. The van der Waals surface area contributed by atoms with Crippen LogP contribution < -0.4 is 4.74 Å². The van der Waals surface area contributed by atoms with Crippen molar-refractivity contribution >= 4 is 25.2 Å². The van der Waals surface area contributed by atoms with Gasteiger partial charge in [-0.2, -0.15) is 0 Å². The molecule has 204 valence electrons. The van der Waals surface area contributed by atoms with Crippen LogP contribution in [0.5, 0.6) is 5.75 Å². The molecule has 14 nitrogen and oxygen atoms in total. The van der Waals surface area contributed by atoms with E-state index in [1.165, 1.54) is 6.07 Å². The van der Waals surface area contributed by atoms with Crippen molar-refractivity contribution in [2.24, 2.45) is 0 Å². The molecule has 36 heavy (non-hydrogen) atoms. The number of hydrogen-bond donors (Lipinski definition) is 2. The number of carboxylic acid groups (broad SMARTS) is 1. The van der Waals surface area contributed by atoms with Gasteiger partial charge in [0, 0.05) is 6.07 Å². The van der Waals surface area contributed by atoms with Crippen molar-refractivity contribution in [1.82, 2.24) is 0 Å². The summed E-state index contributed by atoms with van der Waals surface area (Å²) in [6.07, 6.45) is 2.93. The Morgan fingerprint density at radius 2 is 1.61 bits per heavy atom. The van der Waals surface area contributed by atoms with Crippen LogP contribution in [0.3, 0.4) is 0 Å². The summed E-state index contributed by atoms with van der Waals surface area (Å²) < 4.78 is 28.0. The van der Waals surface area contributed by atoms with Crippen molar-refractivity contribution in [3.05, 3.63) is 38.4 Å². The summed E-state index contributed by atoms with van der Waals surface area (Å²) >= 11 is 0. The first kappa shape index (κ1) is 31.4. The molecule has 0 amide bonds. The second-order valence-electron chi connectivity index (χ2n) is 9.24. The number of unbranched alkanes of at least 4 members (excludes halogenated alkanes) is 5. The van der Waals surface area contributed by atoms with Crippen LogP contribution in [0.15, 0.2) is 18.2 Å². The van der Waals surface area contributed by atoms with Gasteiger partial charge in [-0.1, -0.05) is 25.7 Å². The highest BCUT2D eigenvalue weighted by molar-refractivity contribution is 7.47. The van der Waals surface area contributed by atoms with Crippen molar-refractivity contribution in [2.75, 3.05) is 40.9 Å². The summed E-state index contributed by atoms with van der Waals surface area (Å²) in [6.45, 7) is 0.434. The minimum atomic E-state index is -4.39. The van der Waals surface area contributed by atoms with Gasteiger partial charge in [-0.3, -0.25) is 34.1 Å². The summed E-state index contributed by atoms with van der Waals surface area (Å²) in [5.74, 6) is -1.16. The number of quaternary nitrogens is 1. The minimum absolute atomic E-state index is 0.00906. The molecule has 1 aromatic carbocycles. The SMILES string of the molecule is C[N+](C)(C)C[C@@H](CC(=O)O)OP(=O)(O)OCCCCCCCCOc1ccc([N+](=O)[O-])cc1[N+](=O)[O-]. The number of carbonyl (C=O) groups is 1. The number of non-ortho nitro benzene ring substituents is 1. The molecule has 0 spiro atoms. The number of phosphoric acid groups is 1.